The summed E-state index contributed by atoms with van der Waals surface area (Å²) in [6, 6.07) is 0. The van der Waals surface area contributed by atoms with E-state index in [1.54, 1.807) is 0 Å². The van der Waals surface area contributed by atoms with Gasteiger partial charge in [-0.15, -0.1) is 0 Å². The normalized spacial score (nSPS) is 25.3. The first-order valence-corrected chi connectivity index (χ1v) is 9.69. The molecule has 0 radical (unpaired) electrons. The maximum atomic E-state index is 4.64. The van der Waals surface area contributed by atoms with Crippen molar-refractivity contribution in [3.05, 3.63) is 48.6 Å². The van der Waals surface area contributed by atoms with Crippen molar-refractivity contribution in [2.24, 2.45) is 0 Å². The Balaban J connectivity index is 0.000000283. The van der Waals surface area contributed by atoms with E-state index in [2.05, 4.69) is 58.2 Å². The van der Waals surface area contributed by atoms with Crippen LogP contribution in [0.4, 0.5) is 0 Å². The molecule has 0 saturated carbocycles. The van der Waals surface area contributed by atoms with Gasteiger partial charge in [-0.05, 0) is 51.4 Å². The standard InChI is InChI=1S/2C8H12.ClH.Ir/c2*1-2-4-6-8-7-5-3-1;;/h2*1-2,7-8H,3-6H2;1H;/q;;;+1/p-1/b2*2-1-,8-7-;;. The number of halogens is 1. The molecule has 0 N–H and O–H groups in total. The van der Waals surface area contributed by atoms with Crippen LogP contribution in [0.2, 0.25) is 0 Å². The Morgan fingerprint density at radius 3 is 0.611 bits per heavy atom. The zero-order valence-corrected chi connectivity index (χ0v) is 14.1. The molecule has 104 valence electrons. The fourth-order valence-electron chi connectivity index (χ4n) is 1.71. The molecule has 0 saturated heterocycles. The van der Waals surface area contributed by atoms with Crippen LogP contribution in [0.15, 0.2) is 48.6 Å². The molecule has 0 aliphatic heterocycles. The Morgan fingerprint density at radius 2 is 0.500 bits per heavy atom. The van der Waals surface area contributed by atoms with Gasteiger partial charge in [-0.2, -0.15) is 0 Å². The topological polar surface area (TPSA) is 0 Å². The van der Waals surface area contributed by atoms with Crippen LogP contribution in [0, 0.1) is 0 Å². The number of allylic oxidation sites excluding steroid dienone is 8. The molecule has 0 aromatic carbocycles. The first-order valence-electron chi connectivity index (χ1n) is 6.73. The Hall–Kier alpha value is -0.101. The molecule has 2 aliphatic rings. The third kappa shape index (κ3) is 14.0. The molecule has 0 aromatic rings. The van der Waals surface area contributed by atoms with Crippen molar-refractivity contribution in [2.75, 3.05) is 0 Å². The van der Waals surface area contributed by atoms with Gasteiger partial charge >= 0.3 is 27.5 Å². The zero-order valence-electron chi connectivity index (χ0n) is 11.0. The molecule has 2 aliphatic carbocycles. The summed E-state index contributed by atoms with van der Waals surface area (Å²) in [6.45, 7) is 0. The van der Waals surface area contributed by atoms with E-state index < -0.39 is 0 Å². The van der Waals surface area contributed by atoms with Crippen LogP contribution in [0.5, 0.6) is 0 Å². The molecule has 0 aromatic heterocycles. The Morgan fingerprint density at radius 1 is 0.389 bits per heavy atom. The van der Waals surface area contributed by atoms with Crippen molar-refractivity contribution in [1.29, 1.82) is 0 Å². The number of rotatable bonds is 0. The summed E-state index contributed by atoms with van der Waals surface area (Å²) in [5.41, 5.74) is 0. The van der Waals surface area contributed by atoms with E-state index in [0.29, 0.717) is 0 Å². The van der Waals surface area contributed by atoms with Gasteiger partial charge in [0.25, 0.3) is 0 Å². The van der Waals surface area contributed by atoms with Gasteiger partial charge in [0.1, 0.15) is 0 Å². The van der Waals surface area contributed by atoms with Crippen molar-refractivity contribution in [1.82, 2.24) is 0 Å². The quantitative estimate of drug-likeness (QED) is 0.401. The summed E-state index contributed by atoms with van der Waals surface area (Å²) in [4.78, 5) is 0. The van der Waals surface area contributed by atoms with E-state index in [1.165, 1.54) is 69.3 Å². The molecule has 0 fully saturated rings. The molecule has 0 spiro atoms. The van der Waals surface area contributed by atoms with Crippen LogP contribution >= 0.6 is 9.58 Å². The third-order valence-corrected chi connectivity index (χ3v) is 2.67. The number of hydrogen-bond donors (Lipinski definition) is 0. The molecular formula is C16H24ClIr. The Kier molecular flexibility index (Phi) is 16.8. The van der Waals surface area contributed by atoms with Gasteiger partial charge in [-0.25, -0.2) is 0 Å². The van der Waals surface area contributed by atoms with Crippen LogP contribution in [-0.4, -0.2) is 0 Å². The molecule has 0 nitrogen and oxygen atoms in total. The Bertz CT molecular complexity index is 184. The van der Waals surface area contributed by atoms with Crippen molar-refractivity contribution in [3.8, 4) is 0 Å². The van der Waals surface area contributed by atoms with Gasteiger partial charge in [-0.1, -0.05) is 48.6 Å². The molecule has 0 bridgehead atoms. The fraction of sp³-hybridized carbons (Fsp3) is 0.500. The number of hydrogen-bond acceptors (Lipinski definition) is 0. The van der Waals surface area contributed by atoms with Crippen molar-refractivity contribution in [3.63, 3.8) is 0 Å². The fourth-order valence-corrected chi connectivity index (χ4v) is 1.71. The van der Waals surface area contributed by atoms with Crippen LogP contribution in [-0.2, 0) is 17.9 Å². The molecule has 0 heterocycles. The van der Waals surface area contributed by atoms with E-state index in [9.17, 15) is 0 Å². The molecule has 0 unspecified atom stereocenters. The van der Waals surface area contributed by atoms with Gasteiger partial charge in [0.05, 0.1) is 0 Å². The van der Waals surface area contributed by atoms with E-state index in [0.717, 1.165) is 0 Å². The average molecular weight is 444 g/mol. The van der Waals surface area contributed by atoms with E-state index >= 15 is 0 Å². The van der Waals surface area contributed by atoms with Gasteiger partial charge in [0.2, 0.25) is 0 Å². The first kappa shape index (κ1) is 17.9. The van der Waals surface area contributed by atoms with Gasteiger partial charge in [0.15, 0.2) is 0 Å². The van der Waals surface area contributed by atoms with E-state index in [4.69, 9.17) is 0 Å². The van der Waals surface area contributed by atoms with Crippen molar-refractivity contribution in [2.45, 2.75) is 51.4 Å². The van der Waals surface area contributed by atoms with Crippen LogP contribution in [0.25, 0.3) is 0 Å². The van der Waals surface area contributed by atoms with Crippen LogP contribution in [0.3, 0.4) is 0 Å². The summed E-state index contributed by atoms with van der Waals surface area (Å²) in [5.74, 6) is 0. The van der Waals surface area contributed by atoms with E-state index in [1.807, 2.05) is 0 Å². The minimum atomic E-state index is 1.23. The molecular weight excluding hydrogens is 420 g/mol. The summed E-state index contributed by atoms with van der Waals surface area (Å²) in [7, 11) is 4.64. The zero-order chi connectivity index (χ0) is 13.3. The molecule has 18 heavy (non-hydrogen) atoms. The van der Waals surface area contributed by atoms with Gasteiger partial charge in [0, 0.05) is 0 Å². The predicted octanol–water partition coefficient (Wildman–Crippen LogP) is 6.03. The predicted molar refractivity (Wildman–Crippen MR) is 79.3 cm³/mol. The summed E-state index contributed by atoms with van der Waals surface area (Å²) in [5, 5.41) is 0. The summed E-state index contributed by atoms with van der Waals surface area (Å²) < 4.78 is 0. The second kappa shape index (κ2) is 16.9. The maximum absolute atomic E-state index is 4.64. The third-order valence-electron chi connectivity index (χ3n) is 2.67. The first-order chi connectivity index (χ1) is 9.00. The van der Waals surface area contributed by atoms with E-state index in [-0.39, 0.29) is 0 Å². The van der Waals surface area contributed by atoms with Crippen molar-refractivity contribution < 1.29 is 17.9 Å². The average Bonchev–Trinajstić information content (AvgIpc) is 2.30. The summed E-state index contributed by atoms with van der Waals surface area (Å²) in [6.07, 6.45) is 28.0. The minimum absolute atomic E-state index is 1.23. The SMILES string of the molecule is C1=C\CC/C=C\CC/1.C1=C\CC/C=C\CC/1.[Cl][Ir]. The van der Waals surface area contributed by atoms with Gasteiger partial charge in [-0.3, -0.25) is 0 Å². The molecule has 2 heteroatoms. The second-order valence-corrected chi connectivity index (χ2v) is 4.20. The molecule has 0 atom stereocenters. The monoisotopic (exact) mass is 444 g/mol. The summed E-state index contributed by atoms with van der Waals surface area (Å²) >= 11 is 1.47. The van der Waals surface area contributed by atoms with Crippen LogP contribution < -0.4 is 0 Å². The van der Waals surface area contributed by atoms with Crippen LogP contribution in [0.1, 0.15) is 51.4 Å². The molecule has 2 rings (SSSR count). The second-order valence-electron chi connectivity index (χ2n) is 4.20. The molecule has 0 amide bonds. The Labute approximate surface area is 127 Å². The van der Waals surface area contributed by atoms with Gasteiger partial charge < -0.3 is 0 Å². The van der Waals surface area contributed by atoms with Crippen molar-refractivity contribution >= 4 is 9.58 Å².